The maximum atomic E-state index is 13.9. The minimum Gasteiger partial charge on any atom is -0.320 e. The fourth-order valence-corrected chi connectivity index (χ4v) is 3.63. The Bertz CT molecular complexity index is 713. The first-order valence-corrected chi connectivity index (χ1v) is 9.50. The molecular formula is C20H30FN5. The van der Waals surface area contributed by atoms with E-state index in [1.165, 1.54) is 0 Å². The molecule has 1 aromatic carbocycles. The second kappa shape index (κ2) is 7.84. The van der Waals surface area contributed by atoms with Gasteiger partial charge in [0.2, 0.25) is 0 Å². The highest BCUT2D eigenvalue weighted by Crippen LogP contribution is 2.23. The second-order valence-electron chi connectivity index (χ2n) is 8.17. The predicted molar refractivity (Wildman–Crippen MR) is 101 cm³/mol. The van der Waals surface area contributed by atoms with Crippen molar-refractivity contribution < 1.29 is 4.39 Å². The SMILES string of the molecule is C[C@@H](Cc1ccccc1F)N1CCC(Cn2cc(C(C)(C)N)nn2)CC1. The number of benzene rings is 1. The van der Waals surface area contributed by atoms with Gasteiger partial charge < -0.3 is 10.6 Å². The molecule has 2 heterocycles. The summed E-state index contributed by atoms with van der Waals surface area (Å²) in [6, 6.07) is 7.44. The molecule has 0 aliphatic carbocycles. The lowest BCUT2D eigenvalue weighted by molar-refractivity contribution is 0.130. The molecule has 1 aromatic heterocycles. The fourth-order valence-electron chi connectivity index (χ4n) is 3.63. The van der Waals surface area contributed by atoms with Crippen LogP contribution in [0.1, 0.15) is 44.9 Å². The van der Waals surface area contributed by atoms with E-state index in [4.69, 9.17) is 5.73 Å². The first-order valence-electron chi connectivity index (χ1n) is 9.50. The van der Waals surface area contributed by atoms with Crippen molar-refractivity contribution >= 4 is 0 Å². The van der Waals surface area contributed by atoms with E-state index in [2.05, 4.69) is 22.1 Å². The smallest absolute Gasteiger partial charge is 0.126 e. The number of rotatable bonds is 6. The van der Waals surface area contributed by atoms with Crippen molar-refractivity contribution in [3.8, 4) is 0 Å². The van der Waals surface area contributed by atoms with Crippen LogP contribution in [0, 0.1) is 11.7 Å². The van der Waals surface area contributed by atoms with Gasteiger partial charge in [-0.1, -0.05) is 23.4 Å². The van der Waals surface area contributed by atoms with Crippen LogP contribution in [0.4, 0.5) is 4.39 Å². The van der Waals surface area contributed by atoms with Crippen LogP contribution >= 0.6 is 0 Å². The molecular weight excluding hydrogens is 329 g/mol. The molecule has 1 aliphatic heterocycles. The van der Waals surface area contributed by atoms with Crippen LogP contribution in [0.15, 0.2) is 30.5 Å². The molecule has 1 fully saturated rings. The Morgan fingerprint density at radius 3 is 2.58 bits per heavy atom. The number of piperidine rings is 1. The van der Waals surface area contributed by atoms with Crippen molar-refractivity contribution in [2.45, 2.75) is 58.2 Å². The van der Waals surface area contributed by atoms with Crippen LogP contribution in [-0.2, 0) is 18.5 Å². The van der Waals surface area contributed by atoms with Gasteiger partial charge in [0.05, 0.1) is 11.7 Å². The number of halogens is 1. The van der Waals surface area contributed by atoms with Gasteiger partial charge in [0.1, 0.15) is 11.5 Å². The summed E-state index contributed by atoms with van der Waals surface area (Å²) in [5, 5.41) is 8.42. The molecule has 1 saturated heterocycles. The highest BCUT2D eigenvalue weighted by molar-refractivity contribution is 5.18. The zero-order valence-electron chi connectivity index (χ0n) is 16.0. The van der Waals surface area contributed by atoms with Crippen LogP contribution in [0.3, 0.4) is 0 Å². The average Bonchev–Trinajstić information content (AvgIpc) is 3.06. The Morgan fingerprint density at radius 1 is 1.27 bits per heavy atom. The minimum absolute atomic E-state index is 0.0981. The maximum Gasteiger partial charge on any atom is 0.126 e. The fraction of sp³-hybridized carbons (Fsp3) is 0.600. The van der Waals surface area contributed by atoms with Crippen molar-refractivity contribution in [3.05, 3.63) is 47.5 Å². The van der Waals surface area contributed by atoms with Crippen molar-refractivity contribution in [2.24, 2.45) is 11.7 Å². The second-order valence-corrected chi connectivity index (χ2v) is 8.17. The van der Waals surface area contributed by atoms with E-state index in [-0.39, 0.29) is 5.82 Å². The lowest BCUT2D eigenvalue weighted by atomic mass is 9.94. The number of hydrogen-bond donors (Lipinski definition) is 1. The normalized spacial score (nSPS) is 18.2. The largest absolute Gasteiger partial charge is 0.320 e. The van der Waals surface area contributed by atoms with Crippen LogP contribution in [-0.4, -0.2) is 39.0 Å². The van der Waals surface area contributed by atoms with Gasteiger partial charge in [-0.05, 0) is 70.7 Å². The third-order valence-electron chi connectivity index (χ3n) is 5.39. The summed E-state index contributed by atoms with van der Waals surface area (Å²) in [5.74, 6) is 0.501. The molecule has 142 valence electrons. The van der Waals surface area contributed by atoms with Crippen LogP contribution in [0.2, 0.25) is 0 Å². The predicted octanol–water partition coefficient (Wildman–Crippen LogP) is 2.95. The molecule has 1 atom stereocenters. The molecule has 0 amide bonds. The van der Waals surface area contributed by atoms with E-state index in [0.717, 1.165) is 50.2 Å². The molecule has 3 rings (SSSR count). The molecule has 26 heavy (non-hydrogen) atoms. The molecule has 1 aliphatic rings. The van der Waals surface area contributed by atoms with Gasteiger partial charge in [0.25, 0.3) is 0 Å². The quantitative estimate of drug-likeness (QED) is 0.861. The van der Waals surface area contributed by atoms with Crippen LogP contribution in [0.25, 0.3) is 0 Å². The summed E-state index contributed by atoms with van der Waals surface area (Å²) in [6.45, 7) is 9.06. The summed E-state index contributed by atoms with van der Waals surface area (Å²) in [6.07, 6.45) is 4.98. The molecule has 5 nitrogen and oxygen atoms in total. The zero-order chi connectivity index (χ0) is 18.7. The number of nitrogens with two attached hydrogens (primary N) is 1. The van der Waals surface area contributed by atoms with E-state index in [9.17, 15) is 4.39 Å². The van der Waals surface area contributed by atoms with Gasteiger partial charge in [-0.15, -0.1) is 5.10 Å². The molecule has 0 radical (unpaired) electrons. The van der Waals surface area contributed by atoms with E-state index < -0.39 is 5.54 Å². The Hall–Kier alpha value is -1.79. The van der Waals surface area contributed by atoms with Gasteiger partial charge in [0, 0.05) is 12.6 Å². The summed E-state index contributed by atoms with van der Waals surface area (Å²) < 4.78 is 15.8. The highest BCUT2D eigenvalue weighted by Gasteiger charge is 2.25. The summed E-state index contributed by atoms with van der Waals surface area (Å²) in [5.41, 5.74) is 7.26. The van der Waals surface area contributed by atoms with Gasteiger partial charge in [0.15, 0.2) is 0 Å². The monoisotopic (exact) mass is 359 g/mol. The van der Waals surface area contributed by atoms with E-state index in [1.807, 2.05) is 36.9 Å². The van der Waals surface area contributed by atoms with Gasteiger partial charge in [-0.2, -0.15) is 0 Å². The summed E-state index contributed by atoms with van der Waals surface area (Å²) >= 11 is 0. The van der Waals surface area contributed by atoms with Gasteiger partial charge >= 0.3 is 0 Å². The number of aromatic nitrogens is 3. The first kappa shape index (κ1) is 19.0. The number of hydrogen-bond acceptors (Lipinski definition) is 4. The van der Waals surface area contributed by atoms with Gasteiger partial charge in [-0.3, -0.25) is 4.68 Å². The van der Waals surface area contributed by atoms with Crippen molar-refractivity contribution in [2.75, 3.05) is 13.1 Å². The Labute approximate surface area is 155 Å². The lowest BCUT2D eigenvalue weighted by Crippen LogP contribution is -2.41. The minimum atomic E-state index is -0.455. The Kier molecular flexibility index (Phi) is 5.73. The van der Waals surface area contributed by atoms with E-state index >= 15 is 0 Å². The van der Waals surface area contributed by atoms with Crippen LogP contribution < -0.4 is 5.73 Å². The summed E-state index contributed by atoms with van der Waals surface area (Å²) in [7, 11) is 0. The molecule has 0 bridgehead atoms. The molecule has 0 saturated carbocycles. The Balaban J connectivity index is 1.49. The lowest BCUT2D eigenvalue weighted by Gasteiger charge is -2.36. The number of likely N-dealkylation sites (tertiary alicyclic amines) is 1. The average molecular weight is 359 g/mol. The van der Waals surface area contributed by atoms with Crippen molar-refractivity contribution in [1.29, 1.82) is 0 Å². The zero-order valence-corrected chi connectivity index (χ0v) is 16.0. The standard InChI is InChI=1S/C20H30FN5/c1-15(12-17-6-4-5-7-18(17)21)25-10-8-16(9-11-25)13-26-14-19(23-24-26)20(2,3)22/h4-7,14-16H,8-13,22H2,1-3H3/t15-/m0/s1. The number of nitrogens with zero attached hydrogens (tertiary/aromatic N) is 4. The topological polar surface area (TPSA) is 60.0 Å². The molecule has 2 N–H and O–H groups in total. The third-order valence-corrected chi connectivity index (χ3v) is 5.39. The summed E-state index contributed by atoms with van der Waals surface area (Å²) in [4.78, 5) is 2.47. The van der Waals surface area contributed by atoms with Crippen LogP contribution in [0.5, 0.6) is 0 Å². The van der Waals surface area contributed by atoms with E-state index in [1.54, 1.807) is 12.1 Å². The third kappa shape index (κ3) is 4.68. The first-order chi connectivity index (χ1) is 12.3. The molecule has 0 unspecified atom stereocenters. The highest BCUT2D eigenvalue weighted by atomic mass is 19.1. The maximum absolute atomic E-state index is 13.9. The molecule has 0 spiro atoms. The molecule has 2 aromatic rings. The Morgan fingerprint density at radius 2 is 1.96 bits per heavy atom. The van der Waals surface area contributed by atoms with E-state index in [0.29, 0.717) is 12.0 Å². The molecule has 6 heteroatoms. The van der Waals surface area contributed by atoms with Gasteiger partial charge in [-0.25, -0.2) is 4.39 Å². The van der Waals surface area contributed by atoms with Crippen molar-refractivity contribution in [1.82, 2.24) is 19.9 Å². The van der Waals surface area contributed by atoms with Crippen molar-refractivity contribution in [3.63, 3.8) is 0 Å².